The highest BCUT2D eigenvalue weighted by Crippen LogP contribution is 2.33. The first-order valence-electron chi connectivity index (χ1n) is 6.29. The van der Waals surface area contributed by atoms with Crippen molar-refractivity contribution in [2.45, 2.75) is 18.7 Å². The van der Waals surface area contributed by atoms with Crippen molar-refractivity contribution in [1.82, 2.24) is 4.98 Å². The molecule has 116 valence electrons. The lowest BCUT2D eigenvalue weighted by Crippen LogP contribution is -2.18. The minimum Gasteiger partial charge on any atom is -0.391 e. The van der Waals surface area contributed by atoms with Gasteiger partial charge in [0.25, 0.3) is 0 Å². The van der Waals surface area contributed by atoms with Crippen LogP contribution >= 0.6 is 11.3 Å². The van der Waals surface area contributed by atoms with Gasteiger partial charge in [0.1, 0.15) is 0 Å². The van der Waals surface area contributed by atoms with E-state index in [2.05, 4.69) is 10.3 Å². The van der Waals surface area contributed by atoms with E-state index in [-0.39, 0.29) is 6.61 Å². The summed E-state index contributed by atoms with van der Waals surface area (Å²) in [6.07, 6.45) is -4.47. The SMILES string of the molecule is COCC(O)CCNc1nc2cc(C(F)(F)F)ccc2s1. The fraction of sp³-hybridized carbons (Fsp3) is 0.462. The predicted octanol–water partition coefficient (Wildman–Crippen LogP) is 3.12. The second-order valence-corrected chi connectivity index (χ2v) is 5.55. The number of aliphatic hydroxyl groups is 1. The van der Waals surface area contributed by atoms with E-state index in [9.17, 15) is 18.3 Å². The van der Waals surface area contributed by atoms with Gasteiger partial charge in [0, 0.05) is 13.7 Å². The van der Waals surface area contributed by atoms with Gasteiger partial charge in [-0.05, 0) is 24.6 Å². The molecule has 4 nitrogen and oxygen atoms in total. The number of anilines is 1. The summed E-state index contributed by atoms with van der Waals surface area (Å²) in [7, 11) is 1.50. The molecule has 2 rings (SSSR count). The Bertz CT molecular complexity index is 601. The number of halogens is 3. The minimum absolute atomic E-state index is 0.246. The van der Waals surface area contributed by atoms with E-state index < -0.39 is 17.8 Å². The van der Waals surface area contributed by atoms with E-state index in [4.69, 9.17) is 4.74 Å². The summed E-state index contributed by atoms with van der Waals surface area (Å²) in [6.45, 7) is 0.715. The third-order valence-electron chi connectivity index (χ3n) is 2.83. The first kappa shape index (κ1) is 16.0. The summed E-state index contributed by atoms with van der Waals surface area (Å²) in [6, 6.07) is 3.50. The third-order valence-corrected chi connectivity index (χ3v) is 3.82. The van der Waals surface area contributed by atoms with Gasteiger partial charge in [-0.15, -0.1) is 0 Å². The number of hydrogen-bond donors (Lipinski definition) is 2. The molecule has 8 heteroatoms. The summed E-state index contributed by atoms with van der Waals surface area (Å²) >= 11 is 1.28. The largest absolute Gasteiger partial charge is 0.416 e. The molecule has 0 radical (unpaired) electrons. The molecule has 0 amide bonds. The van der Waals surface area contributed by atoms with Gasteiger partial charge >= 0.3 is 6.18 Å². The molecular formula is C13H15F3N2O2S. The van der Waals surface area contributed by atoms with E-state index >= 15 is 0 Å². The highest BCUT2D eigenvalue weighted by molar-refractivity contribution is 7.22. The van der Waals surface area contributed by atoms with Crippen molar-refractivity contribution >= 4 is 26.7 Å². The Morgan fingerprint density at radius 2 is 2.19 bits per heavy atom. The zero-order valence-electron chi connectivity index (χ0n) is 11.3. The van der Waals surface area contributed by atoms with Crippen LogP contribution in [-0.2, 0) is 10.9 Å². The van der Waals surface area contributed by atoms with Crippen molar-refractivity contribution in [2.75, 3.05) is 25.6 Å². The van der Waals surface area contributed by atoms with Crippen LogP contribution in [0.2, 0.25) is 0 Å². The second-order valence-electron chi connectivity index (χ2n) is 4.52. The van der Waals surface area contributed by atoms with Crippen molar-refractivity contribution in [2.24, 2.45) is 0 Å². The number of rotatable bonds is 6. The second kappa shape index (κ2) is 6.59. The molecule has 1 heterocycles. The summed E-state index contributed by atoms with van der Waals surface area (Å²) in [5.74, 6) is 0. The molecule has 0 fully saturated rings. The molecule has 21 heavy (non-hydrogen) atoms. The topological polar surface area (TPSA) is 54.4 Å². The Morgan fingerprint density at radius 1 is 1.43 bits per heavy atom. The lowest BCUT2D eigenvalue weighted by atomic mass is 10.2. The number of hydrogen-bond acceptors (Lipinski definition) is 5. The van der Waals surface area contributed by atoms with Crippen molar-refractivity contribution in [3.05, 3.63) is 23.8 Å². The number of alkyl halides is 3. The number of ether oxygens (including phenoxy) is 1. The van der Waals surface area contributed by atoms with Crippen LogP contribution in [0.25, 0.3) is 10.2 Å². The van der Waals surface area contributed by atoms with Crippen molar-refractivity contribution in [3.8, 4) is 0 Å². The van der Waals surface area contributed by atoms with Crippen LogP contribution in [0.4, 0.5) is 18.3 Å². The quantitative estimate of drug-likeness (QED) is 0.859. The molecule has 0 spiro atoms. The molecule has 1 atom stereocenters. The zero-order valence-corrected chi connectivity index (χ0v) is 12.1. The maximum atomic E-state index is 12.6. The smallest absolute Gasteiger partial charge is 0.391 e. The van der Waals surface area contributed by atoms with Crippen LogP contribution in [0.1, 0.15) is 12.0 Å². The number of nitrogens with zero attached hydrogens (tertiary/aromatic N) is 1. The minimum atomic E-state index is -4.37. The molecule has 2 N–H and O–H groups in total. The molecule has 1 unspecified atom stereocenters. The van der Waals surface area contributed by atoms with Crippen molar-refractivity contribution < 1.29 is 23.0 Å². The van der Waals surface area contributed by atoms with Gasteiger partial charge < -0.3 is 15.2 Å². The molecule has 0 aliphatic heterocycles. The molecule has 1 aromatic carbocycles. The van der Waals surface area contributed by atoms with Crippen LogP contribution in [0.5, 0.6) is 0 Å². The van der Waals surface area contributed by atoms with Crippen LogP contribution in [0.15, 0.2) is 18.2 Å². The average Bonchev–Trinajstić information content (AvgIpc) is 2.79. The number of fused-ring (bicyclic) bond motifs is 1. The Hall–Kier alpha value is -1.38. The Morgan fingerprint density at radius 3 is 2.86 bits per heavy atom. The maximum absolute atomic E-state index is 12.6. The van der Waals surface area contributed by atoms with Crippen LogP contribution in [0, 0.1) is 0 Å². The molecule has 0 aliphatic rings. The average molecular weight is 320 g/mol. The van der Waals surface area contributed by atoms with Gasteiger partial charge in [0.15, 0.2) is 5.13 Å². The summed E-state index contributed by atoms with van der Waals surface area (Å²) in [4.78, 5) is 4.12. The Labute approximate surface area is 123 Å². The molecule has 2 aromatic rings. The van der Waals surface area contributed by atoms with Gasteiger partial charge in [-0.1, -0.05) is 11.3 Å². The summed E-state index contributed by atoms with van der Waals surface area (Å²) < 4.78 is 43.3. The van der Waals surface area contributed by atoms with Crippen molar-refractivity contribution in [3.63, 3.8) is 0 Å². The number of nitrogens with one attached hydrogen (secondary N) is 1. The summed E-state index contributed by atoms with van der Waals surface area (Å²) in [5.41, 5.74) is -0.392. The first-order valence-corrected chi connectivity index (χ1v) is 7.10. The molecule has 1 aromatic heterocycles. The maximum Gasteiger partial charge on any atom is 0.416 e. The Balaban J connectivity index is 2.02. The molecule has 0 bridgehead atoms. The highest BCUT2D eigenvalue weighted by atomic mass is 32.1. The predicted molar refractivity (Wildman–Crippen MR) is 75.6 cm³/mol. The standard InChI is InChI=1S/C13H15F3N2O2S/c1-20-7-9(19)4-5-17-12-18-10-6-8(13(14,15)16)2-3-11(10)21-12/h2-3,6,9,19H,4-5,7H2,1H3,(H,17,18). The van der Waals surface area contributed by atoms with Gasteiger partial charge in [-0.3, -0.25) is 0 Å². The first-order chi connectivity index (χ1) is 9.90. The van der Waals surface area contributed by atoms with Crippen LogP contribution in [-0.4, -0.2) is 36.5 Å². The fourth-order valence-corrected chi connectivity index (χ4v) is 2.67. The van der Waals surface area contributed by atoms with E-state index in [0.717, 1.165) is 12.1 Å². The fourth-order valence-electron chi connectivity index (χ4n) is 1.80. The normalized spacial score (nSPS) is 13.6. The molecule has 0 aliphatic carbocycles. The molecule has 0 saturated heterocycles. The summed E-state index contributed by atoms with van der Waals surface area (Å²) in [5, 5.41) is 13.0. The van der Waals surface area contributed by atoms with E-state index in [0.29, 0.717) is 28.3 Å². The third kappa shape index (κ3) is 4.29. The van der Waals surface area contributed by atoms with E-state index in [1.165, 1.54) is 24.5 Å². The van der Waals surface area contributed by atoms with Gasteiger partial charge in [0.05, 0.1) is 28.5 Å². The van der Waals surface area contributed by atoms with E-state index in [1.54, 1.807) is 0 Å². The number of aromatic nitrogens is 1. The van der Waals surface area contributed by atoms with Crippen molar-refractivity contribution in [1.29, 1.82) is 0 Å². The number of methoxy groups -OCH3 is 1. The monoisotopic (exact) mass is 320 g/mol. The van der Waals surface area contributed by atoms with Crippen LogP contribution in [0.3, 0.4) is 0 Å². The number of thiazole rings is 1. The zero-order chi connectivity index (χ0) is 15.5. The van der Waals surface area contributed by atoms with Gasteiger partial charge in [-0.2, -0.15) is 13.2 Å². The lowest BCUT2D eigenvalue weighted by Gasteiger charge is -2.08. The Kier molecular flexibility index (Phi) is 5.02. The van der Waals surface area contributed by atoms with Gasteiger partial charge in [-0.25, -0.2) is 4.98 Å². The molecular weight excluding hydrogens is 305 g/mol. The lowest BCUT2D eigenvalue weighted by molar-refractivity contribution is -0.137. The van der Waals surface area contributed by atoms with Gasteiger partial charge in [0.2, 0.25) is 0 Å². The number of benzene rings is 1. The van der Waals surface area contributed by atoms with E-state index in [1.807, 2.05) is 0 Å². The van der Waals surface area contributed by atoms with Crippen LogP contribution < -0.4 is 5.32 Å². The highest BCUT2D eigenvalue weighted by Gasteiger charge is 2.30. The number of aliphatic hydroxyl groups excluding tert-OH is 1. The molecule has 0 saturated carbocycles.